The monoisotopic (exact) mass is 278 g/mol. The number of hydrogen-bond acceptors (Lipinski definition) is 3. The smallest absolute Gasteiger partial charge is 0.0764 e. The molecule has 2 rings (SSSR count). The fraction of sp³-hybridized carbons (Fsp3) is 0.812. The Morgan fingerprint density at radius 2 is 1.95 bits per heavy atom. The molecular formula is C16H30N4. The fourth-order valence-corrected chi connectivity index (χ4v) is 3.01. The second kappa shape index (κ2) is 6.72. The highest BCUT2D eigenvalue weighted by Gasteiger charge is 2.28. The van der Waals surface area contributed by atoms with Gasteiger partial charge in [0.25, 0.3) is 0 Å². The summed E-state index contributed by atoms with van der Waals surface area (Å²) in [7, 11) is 2.08. The van der Waals surface area contributed by atoms with Gasteiger partial charge in [0.05, 0.1) is 11.7 Å². The van der Waals surface area contributed by atoms with Crippen LogP contribution in [0.1, 0.15) is 58.2 Å². The number of nitrogens with zero attached hydrogens (tertiary/aromatic N) is 3. The van der Waals surface area contributed by atoms with Gasteiger partial charge >= 0.3 is 0 Å². The molecule has 1 aromatic heterocycles. The van der Waals surface area contributed by atoms with Gasteiger partial charge in [0, 0.05) is 31.4 Å². The summed E-state index contributed by atoms with van der Waals surface area (Å²) >= 11 is 0. The average molecular weight is 278 g/mol. The van der Waals surface area contributed by atoms with Crippen LogP contribution in [0.3, 0.4) is 0 Å². The molecule has 1 aliphatic rings. The van der Waals surface area contributed by atoms with Crippen molar-refractivity contribution in [2.24, 2.45) is 0 Å². The van der Waals surface area contributed by atoms with E-state index in [0.29, 0.717) is 11.6 Å². The van der Waals surface area contributed by atoms with E-state index in [1.54, 1.807) is 0 Å². The molecule has 0 spiro atoms. The Morgan fingerprint density at radius 1 is 1.30 bits per heavy atom. The van der Waals surface area contributed by atoms with Gasteiger partial charge in [0.2, 0.25) is 0 Å². The summed E-state index contributed by atoms with van der Waals surface area (Å²) in [6.07, 6.45) is 6.89. The molecule has 1 saturated heterocycles. The molecule has 1 aliphatic heterocycles. The highest BCUT2D eigenvalue weighted by molar-refractivity contribution is 5.01. The molecule has 1 N–H and O–H groups in total. The van der Waals surface area contributed by atoms with Crippen LogP contribution < -0.4 is 5.32 Å². The molecule has 2 heterocycles. The third-order valence-corrected chi connectivity index (χ3v) is 4.93. The van der Waals surface area contributed by atoms with Crippen molar-refractivity contribution in [2.75, 3.05) is 20.1 Å². The van der Waals surface area contributed by atoms with E-state index in [1.807, 2.05) is 0 Å². The van der Waals surface area contributed by atoms with Gasteiger partial charge in [-0.1, -0.05) is 13.8 Å². The third-order valence-electron chi connectivity index (χ3n) is 4.93. The molecule has 0 saturated carbocycles. The number of likely N-dealkylation sites (tertiary alicyclic amines) is 1. The summed E-state index contributed by atoms with van der Waals surface area (Å²) in [5.74, 6) is 0. The van der Waals surface area contributed by atoms with Crippen molar-refractivity contribution in [1.82, 2.24) is 20.0 Å². The van der Waals surface area contributed by atoms with Crippen LogP contribution in [0.15, 0.2) is 12.3 Å². The molecule has 0 unspecified atom stereocenters. The van der Waals surface area contributed by atoms with Crippen LogP contribution in [0.4, 0.5) is 0 Å². The number of nitrogens with one attached hydrogen (secondary N) is 1. The van der Waals surface area contributed by atoms with Gasteiger partial charge in [-0.05, 0) is 45.7 Å². The Kier molecular flexibility index (Phi) is 5.22. The van der Waals surface area contributed by atoms with Crippen molar-refractivity contribution in [3.05, 3.63) is 18.0 Å². The molecule has 4 nitrogen and oxygen atoms in total. The van der Waals surface area contributed by atoms with E-state index >= 15 is 0 Å². The number of hydrogen-bond donors (Lipinski definition) is 1. The number of rotatable bonds is 6. The zero-order valence-corrected chi connectivity index (χ0v) is 13.5. The molecule has 0 bridgehead atoms. The molecule has 4 heteroatoms. The first-order valence-corrected chi connectivity index (χ1v) is 8.05. The maximum absolute atomic E-state index is 4.76. The lowest BCUT2D eigenvalue weighted by molar-refractivity contribution is 0.144. The lowest BCUT2D eigenvalue weighted by atomic mass is 9.90. The van der Waals surface area contributed by atoms with Crippen LogP contribution in [-0.2, 0) is 6.54 Å². The zero-order chi connectivity index (χ0) is 14.6. The molecular weight excluding hydrogens is 248 g/mol. The summed E-state index contributed by atoms with van der Waals surface area (Å²) in [4.78, 5) is 2.53. The summed E-state index contributed by atoms with van der Waals surface area (Å²) < 4.78 is 2.15. The molecule has 114 valence electrons. The highest BCUT2D eigenvalue weighted by Crippen LogP contribution is 2.22. The van der Waals surface area contributed by atoms with Crippen LogP contribution in [0.2, 0.25) is 0 Å². The second-order valence-corrected chi connectivity index (χ2v) is 6.34. The minimum Gasteiger partial charge on any atom is -0.314 e. The van der Waals surface area contributed by atoms with E-state index < -0.39 is 0 Å². The topological polar surface area (TPSA) is 33.1 Å². The first-order chi connectivity index (χ1) is 9.60. The fourth-order valence-electron chi connectivity index (χ4n) is 3.01. The summed E-state index contributed by atoms with van der Waals surface area (Å²) in [5.41, 5.74) is 1.54. The Hall–Kier alpha value is -0.870. The van der Waals surface area contributed by atoms with E-state index in [9.17, 15) is 0 Å². The lowest BCUT2D eigenvalue weighted by Crippen LogP contribution is -2.49. The molecule has 0 amide bonds. The number of aromatic nitrogens is 2. The summed E-state index contributed by atoms with van der Waals surface area (Å²) in [6, 6.07) is 2.74. The van der Waals surface area contributed by atoms with Crippen LogP contribution in [0, 0.1) is 0 Å². The van der Waals surface area contributed by atoms with Crippen molar-refractivity contribution in [1.29, 1.82) is 0 Å². The maximum Gasteiger partial charge on any atom is 0.0764 e. The van der Waals surface area contributed by atoms with Crippen molar-refractivity contribution < 1.29 is 0 Å². The van der Waals surface area contributed by atoms with E-state index in [1.165, 1.54) is 18.5 Å². The van der Waals surface area contributed by atoms with Crippen LogP contribution in [0.25, 0.3) is 0 Å². The van der Waals surface area contributed by atoms with Gasteiger partial charge in [0.15, 0.2) is 0 Å². The molecule has 0 radical (unpaired) electrons. The van der Waals surface area contributed by atoms with Crippen molar-refractivity contribution in [3.8, 4) is 0 Å². The second-order valence-electron chi connectivity index (χ2n) is 6.34. The Morgan fingerprint density at radius 3 is 2.50 bits per heavy atom. The molecule has 1 fully saturated rings. The molecule has 0 aromatic carbocycles. The Balaban J connectivity index is 1.89. The van der Waals surface area contributed by atoms with Gasteiger partial charge < -0.3 is 5.32 Å². The first-order valence-electron chi connectivity index (χ1n) is 8.05. The van der Waals surface area contributed by atoms with Gasteiger partial charge in [-0.2, -0.15) is 5.10 Å². The van der Waals surface area contributed by atoms with Crippen LogP contribution in [0.5, 0.6) is 0 Å². The molecule has 0 aliphatic carbocycles. The van der Waals surface area contributed by atoms with Gasteiger partial charge in [-0.15, -0.1) is 0 Å². The Bertz CT molecular complexity index is 400. The summed E-state index contributed by atoms with van der Waals surface area (Å²) in [5, 5.41) is 8.21. The van der Waals surface area contributed by atoms with Crippen LogP contribution >= 0.6 is 0 Å². The minimum absolute atomic E-state index is 0.325. The highest BCUT2D eigenvalue weighted by atomic mass is 15.3. The van der Waals surface area contributed by atoms with E-state index in [4.69, 9.17) is 5.10 Å². The third kappa shape index (κ3) is 3.61. The molecule has 20 heavy (non-hydrogen) atoms. The van der Waals surface area contributed by atoms with Crippen LogP contribution in [-0.4, -0.2) is 40.4 Å². The van der Waals surface area contributed by atoms with E-state index in [0.717, 1.165) is 32.5 Å². The normalized spacial score (nSPS) is 19.6. The van der Waals surface area contributed by atoms with Crippen molar-refractivity contribution >= 4 is 0 Å². The van der Waals surface area contributed by atoms with E-state index in [2.05, 4.69) is 55.0 Å². The van der Waals surface area contributed by atoms with Gasteiger partial charge in [-0.25, -0.2) is 0 Å². The SMILES string of the molecule is CCC(CC)n1ccc(CN2CCC(C)(NC)CC2)n1. The Labute approximate surface area is 123 Å². The summed E-state index contributed by atoms with van der Waals surface area (Å²) in [6.45, 7) is 10.1. The predicted octanol–water partition coefficient (Wildman–Crippen LogP) is 2.82. The zero-order valence-electron chi connectivity index (χ0n) is 13.5. The predicted molar refractivity (Wildman–Crippen MR) is 83.8 cm³/mol. The molecule has 0 atom stereocenters. The lowest BCUT2D eigenvalue weighted by Gasteiger charge is -2.39. The number of piperidine rings is 1. The minimum atomic E-state index is 0.325. The average Bonchev–Trinajstić information content (AvgIpc) is 2.91. The van der Waals surface area contributed by atoms with Gasteiger partial charge in [-0.3, -0.25) is 9.58 Å². The van der Waals surface area contributed by atoms with Gasteiger partial charge in [0.1, 0.15) is 0 Å². The first kappa shape index (κ1) is 15.5. The van der Waals surface area contributed by atoms with Crippen molar-refractivity contribution in [2.45, 2.75) is 64.6 Å². The standard InChI is InChI=1S/C16H30N4/c1-5-15(6-2)20-10-7-14(18-20)13-19-11-8-16(3,17-4)9-12-19/h7,10,15,17H,5-6,8-9,11-13H2,1-4H3. The maximum atomic E-state index is 4.76. The molecule has 1 aromatic rings. The quantitative estimate of drug-likeness (QED) is 0.868. The largest absolute Gasteiger partial charge is 0.314 e. The van der Waals surface area contributed by atoms with E-state index in [-0.39, 0.29) is 0 Å². The van der Waals surface area contributed by atoms with Crippen molar-refractivity contribution in [3.63, 3.8) is 0 Å².